The van der Waals surface area contributed by atoms with Crippen LogP contribution in [0.5, 0.6) is 0 Å². The maximum atomic E-state index is 12.6. The number of sulfonamides is 1. The van der Waals surface area contributed by atoms with E-state index < -0.39 is 10.0 Å². The maximum Gasteiger partial charge on any atom is 0.243 e. The highest BCUT2D eigenvalue weighted by Crippen LogP contribution is 2.24. The highest BCUT2D eigenvalue weighted by molar-refractivity contribution is 9.10. The van der Waals surface area contributed by atoms with E-state index in [0.29, 0.717) is 24.0 Å². The number of hydrogen-bond donors (Lipinski definition) is 0. The van der Waals surface area contributed by atoms with Gasteiger partial charge in [-0.05, 0) is 43.8 Å². The standard InChI is InChI=1S/C14H21BrN2O2S/c1-3-16(4-2)13-9-10-17(11-13)20(18,19)14-7-5-12(15)6-8-14/h5-8,13H,3-4,9-11H2,1-2H3. The third-order valence-electron chi connectivity index (χ3n) is 3.91. The summed E-state index contributed by atoms with van der Waals surface area (Å²) in [6.45, 7) is 7.38. The molecule has 1 aromatic rings. The number of rotatable bonds is 5. The topological polar surface area (TPSA) is 40.6 Å². The molecule has 1 fully saturated rings. The monoisotopic (exact) mass is 360 g/mol. The normalized spacial score (nSPS) is 20.7. The molecule has 112 valence electrons. The fourth-order valence-electron chi connectivity index (χ4n) is 2.72. The van der Waals surface area contributed by atoms with Gasteiger partial charge in [-0.2, -0.15) is 4.31 Å². The van der Waals surface area contributed by atoms with Crippen LogP contribution in [0, 0.1) is 0 Å². The Kier molecular flexibility index (Phi) is 5.23. The Bertz CT molecular complexity index is 541. The summed E-state index contributed by atoms with van der Waals surface area (Å²) in [5.41, 5.74) is 0. The Morgan fingerprint density at radius 2 is 1.85 bits per heavy atom. The first-order valence-electron chi connectivity index (χ1n) is 6.98. The molecule has 4 nitrogen and oxygen atoms in total. The molecule has 1 aliphatic heterocycles. The van der Waals surface area contributed by atoms with E-state index in [1.165, 1.54) is 0 Å². The molecule has 1 saturated heterocycles. The van der Waals surface area contributed by atoms with Gasteiger partial charge in [-0.1, -0.05) is 29.8 Å². The minimum absolute atomic E-state index is 0.343. The fraction of sp³-hybridized carbons (Fsp3) is 0.571. The lowest BCUT2D eigenvalue weighted by Gasteiger charge is -2.26. The lowest BCUT2D eigenvalue weighted by molar-refractivity contribution is 0.224. The van der Waals surface area contributed by atoms with Crippen LogP contribution in [0.4, 0.5) is 0 Å². The van der Waals surface area contributed by atoms with Crippen molar-refractivity contribution < 1.29 is 8.42 Å². The molecule has 0 saturated carbocycles. The second-order valence-electron chi connectivity index (χ2n) is 4.98. The smallest absolute Gasteiger partial charge is 0.243 e. The molecule has 0 radical (unpaired) electrons. The van der Waals surface area contributed by atoms with Crippen LogP contribution in [0.3, 0.4) is 0 Å². The predicted octanol–water partition coefficient (Wildman–Crippen LogP) is 2.55. The summed E-state index contributed by atoms with van der Waals surface area (Å²) in [5, 5.41) is 0. The lowest BCUT2D eigenvalue weighted by atomic mass is 10.2. The number of nitrogens with zero attached hydrogens (tertiary/aromatic N) is 2. The van der Waals surface area contributed by atoms with E-state index in [2.05, 4.69) is 34.7 Å². The van der Waals surface area contributed by atoms with Gasteiger partial charge in [0, 0.05) is 23.6 Å². The molecular formula is C14H21BrN2O2S. The zero-order valence-corrected chi connectivity index (χ0v) is 14.3. The minimum Gasteiger partial charge on any atom is -0.300 e. The van der Waals surface area contributed by atoms with Crippen LogP contribution in [0.15, 0.2) is 33.6 Å². The molecule has 0 spiro atoms. The van der Waals surface area contributed by atoms with E-state index in [1.54, 1.807) is 28.6 Å². The molecular weight excluding hydrogens is 340 g/mol. The van der Waals surface area contributed by atoms with Gasteiger partial charge < -0.3 is 0 Å². The van der Waals surface area contributed by atoms with Crippen molar-refractivity contribution in [3.05, 3.63) is 28.7 Å². The summed E-state index contributed by atoms with van der Waals surface area (Å²) >= 11 is 3.33. The van der Waals surface area contributed by atoms with E-state index in [9.17, 15) is 8.42 Å². The Balaban J connectivity index is 2.14. The Labute approximate surface area is 129 Å². The van der Waals surface area contributed by atoms with E-state index in [-0.39, 0.29) is 0 Å². The van der Waals surface area contributed by atoms with Crippen molar-refractivity contribution in [1.29, 1.82) is 0 Å². The summed E-state index contributed by atoms with van der Waals surface area (Å²) in [5.74, 6) is 0. The SMILES string of the molecule is CCN(CC)C1CCN(S(=O)(=O)c2ccc(Br)cc2)C1. The molecule has 1 aromatic carbocycles. The van der Waals surface area contributed by atoms with Crippen LogP contribution in [0.2, 0.25) is 0 Å². The largest absolute Gasteiger partial charge is 0.300 e. The van der Waals surface area contributed by atoms with Crippen molar-refractivity contribution in [2.24, 2.45) is 0 Å². The Morgan fingerprint density at radius 3 is 2.40 bits per heavy atom. The number of benzene rings is 1. The molecule has 0 N–H and O–H groups in total. The summed E-state index contributed by atoms with van der Waals surface area (Å²) < 4.78 is 27.7. The Hall–Kier alpha value is -0.430. The van der Waals surface area contributed by atoms with Gasteiger partial charge in [-0.15, -0.1) is 0 Å². The van der Waals surface area contributed by atoms with Crippen LogP contribution in [0.25, 0.3) is 0 Å². The van der Waals surface area contributed by atoms with Crippen LogP contribution in [0.1, 0.15) is 20.3 Å². The molecule has 1 aliphatic rings. The first-order valence-corrected chi connectivity index (χ1v) is 9.22. The molecule has 2 rings (SSSR count). The third kappa shape index (κ3) is 3.24. The average molecular weight is 361 g/mol. The van der Waals surface area contributed by atoms with Crippen LogP contribution >= 0.6 is 15.9 Å². The average Bonchev–Trinajstić information content (AvgIpc) is 2.91. The summed E-state index contributed by atoms with van der Waals surface area (Å²) in [7, 11) is -3.35. The predicted molar refractivity (Wildman–Crippen MR) is 84.2 cm³/mol. The minimum atomic E-state index is -3.35. The molecule has 1 heterocycles. The number of likely N-dealkylation sites (N-methyl/N-ethyl adjacent to an activating group) is 1. The third-order valence-corrected chi connectivity index (χ3v) is 6.31. The van der Waals surface area contributed by atoms with Crippen molar-refractivity contribution in [1.82, 2.24) is 9.21 Å². The van der Waals surface area contributed by atoms with Crippen molar-refractivity contribution in [2.75, 3.05) is 26.2 Å². The second-order valence-corrected chi connectivity index (χ2v) is 7.83. The lowest BCUT2D eigenvalue weighted by Crippen LogP contribution is -2.38. The van der Waals surface area contributed by atoms with Crippen molar-refractivity contribution in [3.63, 3.8) is 0 Å². The summed E-state index contributed by atoms with van der Waals surface area (Å²) in [6.07, 6.45) is 0.914. The molecule has 1 atom stereocenters. The zero-order valence-electron chi connectivity index (χ0n) is 11.9. The summed E-state index contributed by atoms with van der Waals surface area (Å²) in [4.78, 5) is 2.71. The highest BCUT2D eigenvalue weighted by Gasteiger charge is 2.34. The zero-order chi connectivity index (χ0) is 14.8. The van der Waals surface area contributed by atoms with Gasteiger partial charge in [0.1, 0.15) is 0 Å². The van der Waals surface area contributed by atoms with E-state index >= 15 is 0 Å². The summed E-state index contributed by atoms with van der Waals surface area (Å²) in [6, 6.07) is 7.19. The molecule has 0 aromatic heterocycles. The van der Waals surface area contributed by atoms with Crippen LogP contribution in [-0.2, 0) is 10.0 Å². The second kappa shape index (κ2) is 6.56. The molecule has 0 amide bonds. The van der Waals surface area contributed by atoms with Crippen molar-refractivity contribution >= 4 is 26.0 Å². The van der Waals surface area contributed by atoms with Gasteiger partial charge in [0.2, 0.25) is 10.0 Å². The molecule has 1 unspecified atom stereocenters. The van der Waals surface area contributed by atoms with Crippen LogP contribution < -0.4 is 0 Å². The molecule has 0 bridgehead atoms. The van der Waals surface area contributed by atoms with E-state index in [4.69, 9.17) is 0 Å². The Morgan fingerprint density at radius 1 is 1.25 bits per heavy atom. The van der Waals surface area contributed by atoms with E-state index in [0.717, 1.165) is 24.0 Å². The quantitative estimate of drug-likeness (QED) is 0.809. The first kappa shape index (κ1) is 15.9. The molecule has 6 heteroatoms. The van der Waals surface area contributed by atoms with Crippen LogP contribution in [-0.4, -0.2) is 49.8 Å². The molecule has 0 aliphatic carbocycles. The van der Waals surface area contributed by atoms with Gasteiger partial charge in [0.25, 0.3) is 0 Å². The number of halogens is 1. The first-order chi connectivity index (χ1) is 9.48. The fourth-order valence-corrected chi connectivity index (χ4v) is 4.48. The maximum absolute atomic E-state index is 12.6. The number of hydrogen-bond acceptors (Lipinski definition) is 3. The van der Waals surface area contributed by atoms with Gasteiger partial charge in [0.05, 0.1) is 4.90 Å². The van der Waals surface area contributed by atoms with Crippen molar-refractivity contribution in [2.45, 2.75) is 31.2 Å². The van der Waals surface area contributed by atoms with Gasteiger partial charge in [0.15, 0.2) is 0 Å². The van der Waals surface area contributed by atoms with Gasteiger partial charge >= 0.3 is 0 Å². The van der Waals surface area contributed by atoms with Gasteiger partial charge in [-0.3, -0.25) is 4.90 Å². The molecule has 20 heavy (non-hydrogen) atoms. The van der Waals surface area contributed by atoms with Gasteiger partial charge in [-0.25, -0.2) is 8.42 Å². The van der Waals surface area contributed by atoms with E-state index in [1.807, 2.05) is 0 Å². The highest BCUT2D eigenvalue weighted by atomic mass is 79.9. The van der Waals surface area contributed by atoms with Crippen molar-refractivity contribution in [3.8, 4) is 0 Å².